The molecule has 2 atom stereocenters. The fraction of sp³-hybridized carbons (Fsp3) is 0.462. The van der Waals surface area contributed by atoms with Gasteiger partial charge in [-0.15, -0.1) is 0 Å². The average Bonchev–Trinajstić information content (AvgIpc) is 2.28. The van der Waals surface area contributed by atoms with Gasteiger partial charge in [-0.2, -0.15) is 0 Å². The molecule has 4 nitrogen and oxygen atoms in total. The number of amides is 1. The summed E-state index contributed by atoms with van der Waals surface area (Å²) in [5.74, 6) is -0.0247. The third-order valence-electron chi connectivity index (χ3n) is 3.15. The first-order chi connectivity index (χ1) is 8.50. The SMILES string of the molecule is CC1COCC(C)N1C(=O)c1ccc(Br)cc1N. The van der Waals surface area contributed by atoms with E-state index in [1.165, 1.54) is 0 Å². The second-order valence-electron chi connectivity index (χ2n) is 4.68. The average molecular weight is 313 g/mol. The molecule has 1 aliphatic heterocycles. The van der Waals surface area contributed by atoms with Gasteiger partial charge in [0.25, 0.3) is 5.91 Å². The van der Waals surface area contributed by atoms with Crippen LogP contribution in [0.2, 0.25) is 0 Å². The van der Waals surface area contributed by atoms with Gasteiger partial charge in [0.1, 0.15) is 0 Å². The number of carbonyl (C=O) groups excluding carboxylic acids is 1. The maximum Gasteiger partial charge on any atom is 0.256 e. The molecule has 5 heteroatoms. The summed E-state index contributed by atoms with van der Waals surface area (Å²) in [7, 11) is 0. The molecular weight excluding hydrogens is 296 g/mol. The summed E-state index contributed by atoms with van der Waals surface area (Å²) in [6.45, 7) is 5.13. The predicted octanol–water partition coefficient (Wildman–Crippen LogP) is 2.28. The quantitative estimate of drug-likeness (QED) is 0.809. The number of carbonyl (C=O) groups is 1. The summed E-state index contributed by atoms with van der Waals surface area (Å²) < 4.78 is 6.30. The van der Waals surface area contributed by atoms with Crippen LogP contribution in [0.15, 0.2) is 22.7 Å². The van der Waals surface area contributed by atoms with E-state index < -0.39 is 0 Å². The van der Waals surface area contributed by atoms with Crippen LogP contribution in [0, 0.1) is 0 Å². The van der Waals surface area contributed by atoms with Crippen molar-refractivity contribution in [3.63, 3.8) is 0 Å². The van der Waals surface area contributed by atoms with Crippen LogP contribution in [-0.2, 0) is 4.74 Å². The lowest BCUT2D eigenvalue weighted by atomic mass is 10.1. The number of rotatable bonds is 1. The first-order valence-electron chi connectivity index (χ1n) is 5.96. The molecule has 2 N–H and O–H groups in total. The van der Waals surface area contributed by atoms with Crippen LogP contribution in [0.5, 0.6) is 0 Å². The standard InChI is InChI=1S/C13H17BrN2O2/c1-8-6-18-7-9(2)16(8)13(17)11-4-3-10(14)5-12(11)15/h3-5,8-9H,6-7,15H2,1-2H3. The van der Waals surface area contributed by atoms with Gasteiger partial charge in [-0.3, -0.25) is 4.79 Å². The highest BCUT2D eigenvalue weighted by molar-refractivity contribution is 9.10. The van der Waals surface area contributed by atoms with E-state index in [9.17, 15) is 4.79 Å². The minimum absolute atomic E-state index is 0.0247. The normalized spacial score (nSPS) is 24.1. The number of nitrogens with zero attached hydrogens (tertiary/aromatic N) is 1. The second kappa shape index (κ2) is 5.28. The first-order valence-corrected chi connectivity index (χ1v) is 6.75. The van der Waals surface area contributed by atoms with E-state index in [0.29, 0.717) is 24.5 Å². The molecule has 0 radical (unpaired) electrons. The van der Waals surface area contributed by atoms with Gasteiger partial charge in [-0.05, 0) is 32.0 Å². The zero-order chi connectivity index (χ0) is 13.3. The Balaban J connectivity index is 2.29. The van der Waals surface area contributed by atoms with Gasteiger partial charge in [-0.25, -0.2) is 0 Å². The summed E-state index contributed by atoms with van der Waals surface area (Å²) >= 11 is 3.34. The molecule has 1 amide bonds. The lowest BCUT2D eigenvalue weighted by Crippen LogP contribution is -2.52. The van der Waals surface area contributed by atoms with E-state index in [2.05, 4.69) is 15.9 Å². The van der Waals surface area contributed by atoms with Gasteiger partial charge >= 0.3 is 0 Å². The Hall–Kier alpha value is -1.07. The monoisotopic (exact) mass is 312 g/mol. The highest BCUT2D eigenvalue weighted by atomic mass is 79.9. The number of anilines is 1. The zero-order valence-corrected chi connectivity index (χ0v) is 12.1. The summed E-state index contributed by atoms with van der Waals surface area (Å²) in [6.07, 6.45) is 0. The molecule has 0 aromatic heterocycles. The van der Waals surface area contributed by atoms with Gasteiger partial charge < -0.3 is 15.4 Å². The number of ether oxygens (including phenoxy) is 1. The topological polar surface area (TPSA) is 55.6 Å². The molecule has 1 aliphatic rings. The molecule has 0 spiro atoms. The number of morpholine rings is 1. The van der Waals surface area contributed by atoms with Crippen LogP contribution < -0.4 is 5.73 Å². The summed E-state index contributed by atoms with van der Waals surface area (Å²) in [4.78, 5) is 14.4. The molecule has 98 valence electrons. The fourth-order valence-corrected chi connectivity index (χ4v) is 2.65. The van der Waals surface area contributed by atoms with Crippen molar-refractivity contribution in [2.24, 2.45) is 0 Å². The molecule has 2 rings (SSSR count). The number of benzene rings is 1. The van der Waals surface area contributed by atoms with Crippen molar-refractivity contribution >= 4 is 27.5 Å². The molecule has 2 unspecified atom stereocenters. The van der Waals surface area contributed by atoms with Gasteiger partial charge in [0, 0.05) is 10.2 Å². The Morgan fingerprint density at radius 3 is 2.56 bits per heavy atom. The van der Waals surface area contributed by atoms with E-state index in [1.54, 1.807) is 12.1 Å². The molecule has 1 aromatic carbocycles. The molecule has 1 fully saturated rings. The largest absolute Gasteiger partial charge is 0.398 e. The van der Waals surface area contributed by atoms with Crippen LogP contribution in [0.3, 0.4) is 0 Å². The van der Waals surface area contributed by atoms with E-state index in [1.807, 2.05) is 24.8 Å². The molecule has 0 bridgehead atoms. The van der Waals surface area contributed by atoms with Gasteiger partial charge in [0.15, 0.2) is 0 Å². The Morgan fingerprint density at radius 1 is 1.39 bits per heavy atom. The van der Waals surface area contributed by atoms with Crippen molar-refractivity contribution in [3.05, 3.63) is 28.2 Å². The fourth-order valence-electron chi connectivity index (χ4n) is 2.27. The molecular formula is C13H17BrN2O2. The zero-order valence-electron chi connectivity index (χ0n) is 10.5. The van der Waals surface area contributed by atoms with Crippen molar-refractivity contribution in [2.45, 2.75) is 25.9 Å². The third kappa shape index (κ3) is 2.52. The van der Waals surface area contributed by atoms with Gasteiger partial charge in [-0.1, -0.05) is 15.9 Å². The smallest absolute Gasteiger partial charge is 0.256 e. The molecule has 18 heavy (non-hydrogen) atoms. The Bertz CT molecular complexity index is 454. The molecule has 0 aliphatic carbocycles. The minimum Gasteiger partial charge on any atom is -0.398 e. The molecule has 1 aromatic rings. The lowest BCUT2D eigenvalue weighted by Gasteiger charge is -2.39. The van der Waals surface area contributed by atoms with Crippen molar-refractivity contribution in [1.29, 1.82) is 0 Å². The number of hydrogen-bond donors (Lipinski definition) is 1. The molecule has 0 saturated carbocycles. The maximum atomic E-state index is 12.5. The Morgan fingerprint density at radius 2 is 2.00 bits per heavy atom. The Kier molecular flexibility index (Phi) is 3.92. The van der Waals surface area contributed by atoms with E-state index in [-0.39, 0.29) is 18.0 Å². The van der Waals surface area contributed by atoms with Crippen LogP contribution in [0.25, 0.3) is 0 Å². The van der Waals surface area contributed by atoms with Crippen LogP contribution >= 0.6 is 15.9 Å². The van der Waals surface area contributed by atoms with E-state index in [0.717, 1.165) is 4.47 Å². The maximum absolute atomic E-state index is 12.5. The highest BCUT2D eigenvalue weighted by Gasteiger charge is 2.31. The first kappa shape index (κ1) is 13.4. The van der Waals surface area contributed by atoms with E-state index >= 15 is 0 Å². The summed E-state index contributed by atoms with van der Waals surface area (Å²) in [6, 6.07) is 5.49. The number of nitrogens with two attached hydrogens (primary N) is 1. The van der Waals surface area contributed by atoms with Crippen LogP contribution in [-0.4, -0.2) is 36.1 Å². The van der Waals surface area contributed by atoms with E-state index in [4.69, 9.17) is 10.5 Å². The lowest BCUT2D eigenvalue weighted by molar-refractivity contribution is -0.0249. The molecule has 1 saturated heterocycles. The molecule has 1 heterocycles. The van der Waals surface area contributed by atoms with Gasteiger partial charge in [0.05, 0.1) is 30.9 Å². The Labute approximate surface area is 115 Å². The minimum atomic E-state index is -0.0247. The third-order valence-corrected chi connectivity index (χ3v) is 3.64. The second-order valence-corrected chi connectivity index (χ2v) is 5.60. The van der Waals surface area contributed by atoms with Crippen molar-refractivity contribution in [3.8, 4) is 0 Å². The van der Waals surface area contributed by atoms with Crippen molar-refractivity contribution in [1.82, 2.24) is 4.90 Å². The summed E-state index contributed by atoms with van der Waals surface area (Å²) in [5.41, 5.74) is 6.97. The number of halogens is 1. The summed E-state index contributed by atoms with van der Waals surface area (Å²) in [5, 5.41) is 0. The van der Waals surface area contributed by atoms with Crippen LogP contribution in [0.4, 0.5) is 5.69 Å². The van der Waals surface area contributed by atoms with Crippen LogP contribution in [0.1, 0.15) is 24.2 Å². The van der Waals surface area contributed by atoms with Crippen molar-refractivity contribution in [2.75, 3.05) is 18.9 Å². The van der Waals surface area contributed by atoms with Gasteiger partial charge in [0.2, 0.25) is 0 Å². The predicted molar refractivity (Wildman–Crippen MR) is 74.5 cm³/mol. The van der Waals surface area contributed by atoms with Crippen molar-refractivity contribution < 1.29 is 9.53 Å². The highest BCUT2D eigenvalue weighted by Crippen LogP contribution is 2.23. The number of hydrogen-bond acceptors (Lipinski definition) is 3. The number of nitrogen functional groups attached to an aromatic ring is 1.